The van der Waals surface area contributed by atoms with Crippen molar-refractivity contribution in [2.45, 2.75) is 25.6 Å². The van der Waals surface area contributed by atoms with Crippen LogP contribution in [0, 0.1) is 0 Å². The van der Waals surface area contributed by atoms with E-state index in [0.717, 1.165) is 0 Å². The van der Waals surface area contributed by atoms with Crippen molar-refractivity contribution in [2.75, 3.05) is 14.2 Å². The van der Waals surface area contributed by atoms with Crippen molar-refractivity contribution < 1.29 is 23.8 Å². The molecule has 0 aliphatic heterocycles. The predicted molar refractivity (Wildman–Crippen MR) is 68.2 cm³/mol. The highest BCUT2D eigenvalue weighted by Gasteiger charge is 2.17. The number of hydrogen-bond donors (Lipinski definition) is 2. The van der Waals surface area contributed by atoms with E-state index in [9.17, 15) is 9.18 Å². The highest BCUT2D eigenvalue weighted by atomic mass is 19.1. The van der Waals surface area contributed by atoms with Crippen LogP contribution in [-0.2, 0) is 11.5 Å². The Bertz CT molecular complexity index is 451. The maximum Gasteiger partial charge on any atom is 0.303 e. The summed E-state index contributed by atoms with van der Waals surface area (Å²) in [6, 6.07) is 2.57. The summed E-state index contributed by atoms with van der Waals surface area (Å²) in [4.78, 5) is 10.5. The topological polar surface area (TPSA) is 81.8 Å². The van der Waals surface area contributed by atoms with Crippen molar-refractivity contribution in [3.05, 3.63) is 23.3 Å². The van der Waals surface area contributed by atoms with Gasteiger partial charge in [-0.25, -0.2) is 4.39 Å². The fourth-order valence-corrected chi connectivity index (χ4v) is 1.83. The average molecular weight is 271 g/mol. The Morgan fingerprint density at radius 1 is 1.37 bits per heavy atom. The van der Waals surface area contributed by atoms with Gasteiger partial charge in [0.05, 0.1) is 14.2 Å². The number of carboxylic acid groups (broad SMARTS) is 1. The molecule has 19 heavy (non-hydrogen) atoms. The highest BCUT2D eigenvalue weighted by molar-refractivity contribution is 5.66. The number of ether oxygens (including phenoxy) is 2. The molecule has 6 heteroatoms. The SMILES string of the molecule is COc1cc(CF)c(C(N)CCC(=O)O)cc1OC. The van der Waals surface area contributed by atoms with Crippen LogP contribution in [0.5, 0.6) is 11.5 Å². The number of benzene rings is 1. The molecule has 0 spiro atoms. The van der Waals surface area contributed by atoms with Crippen LogP contribution in [0.25, 0.3) is 0 Å². The zero-order chi connectivity index (χ0) is 14.4. The molecule has 1 unspecified atom stereocenters. The van der Waals surface area contributed by atoms with Gasteiger partial charge >= 0.3 is 5.97 Å². The molecule has 1 rings (SSSR count). The third-order valence-electron chi connectivity index (χ3n) is 2.86. The summed E-state index contributed by atoms with van der Waals surface area (Å²) in [6.07, 6.45) is 0.166. The summed E-state index contributed by atoms with van der Waals surface area (Å²) in [7, 11) is 2.93. The smallest absolute Gasteiger partial charge is 0.303 e. The number of alkyl halides is 1. The highest BCUT2D eigenvalue weighted by Crippen LogP contribution is 2.34. The van der Waals surface area contributed by atoms with Gasteiger partial charge in [-0.05, 0) is 29.7 Å². The van der Waals surface area contributed by atoms with Gasteiger partial charge in [0.2, 0.25) is 0 Å². The maximum atomic E-state index is 13.0. The van der Waals surface area contributed by atoms with Gasteiger partial charge in [0.25, 0.3) is 0 Å². The van der Waals surface area contributed by atoms with Crippen molar-refractivity contribution in [3.63, 3.8) is 0 Å². The van der Waals surface area contributed by atoms with Crippen molar-refractivity contribution in [3.8, 4) is 11.5 Å². The Kier molecular flexibility index (Phi) is 5.57. The van der Waals surface area contributed by atoms with Crippen LogP contribution in [0.2, 0.25) is 0 Å². The summed E-state index contributed by atoms with van der Waals surface area (Å²) in [5.41, 5.74) is 6.84. The first-order valence-electron chi connectivity index (χ1n) is 5.81. The molecule has 0 saturated heterocycles. The van der Waals surface area contributed by atoms with E-state index >= 15 is 0 Å². The second-order valence-electron chi connectivity index (χ2n) is 4.08. The van der Waals surface area contributed by atoms with Gasteiger partial charge in [0, 0.05) is 12.5 Å². The van der Waals surface area contributed by atoms with Crippen molar-refractivity contribution in [1.29, 1.82) is 0 Å². The van der Waals surface area contributed by atoms with E-state index in [2.05, 4.69) is 0 Å². The lowest BCUT2D eigenvalue weighted by Crippen LogP contribution is -2.14. The first-order chi connectivity index (χ1) is 9.03. The molecule has 3 N–H and O–H groups in total. The minimum absolute atomic E-state index is 0.0682. The minimum Gasteiger partial charge on any atom is -0.493 e. The fraction of sp³-hybridized carbons (Fsp3) is 0.462. The third-order valence-corrected chi connectivity index (χ3v) is 2.86. The van der Waals surface area contributed by atoms with Crippen molar-refractivity contribution in [2.24, 2.45) is 5.73 Å². The van der Waals surface area contributed by atoms with Gasteiger partial charge < -0.3 is 20.3 Å². The lowest BCUT2D eigenvalue weighted by Gasteiger charge is -2.17. The molecule has 0 heterocycles. The molecule has 5 nitrogen and oxygen atoms in total. The van der Waals surface area contributed by atoms with Crippen LogP contribution in [0.1, 0.15) is 30.0 Å². The number of nitrogens with two attached hydrogens (primary N) is 1. The molecule has 0 amide bonds. The van der Waals surface area contributed by atoms with E-state index in [-0.39, 0.29) is 12.8 Å². The first kappa shape index (κ1) is 15.2. The predicted octanol–water partition coefficient (Wildman–Crippen LogP) is 2.04. The zero-order valence-electron chi connectivity index (χ0n) is 11.0. The Labute approximate surface area is 111 Å². The van der Waals surface area contributed by atoms with Crippen LogP contribution in [-0.4, -0.2) is 25.3 Å². The molecule has 106 valence electrons. The molecule has 0 bridgehead atoms. The molecule has 0 saturated carbocycles. The quantitative estimate of drug-likeness (QED) is 0.793. The zero-order valence-corrected chi connectivity index (χ0v) is 11.0. The Hall–Kier alpha value is -1.82. The summed E-state index contributed by atoms with van der Waals surface area (Å²) in [5, 5.41) is 8.64. The van der Waals surface area contributed by atoms with E-state index in [4.69, 9.17) is 20.3 Å². The van der Waals surface area contributed by atoms with E-state index in [1.807, 2.05) is 0 Å². The third kappa shape index (κ3) is 3.82. The summed E-state index contributed by atoms with van der Waals surface area (Å²) in [5.74, 6) is -0.0671. The second kappa shape index (κ2) is 6.94. The number of carboxylic acids is 1. The van der Waals surface area contributed by atoms with Crippen LogP contribution in [0.4, 0.5) is 4.39 Å². The maximum absolute atomic E-state index is 13.0. The Morgan fingerprint density at radius 3 is 2.42 bits per heavy atom. The number of hydrogen-bond acceptors (Lipinski definition) is 4. The van der Waals surface area contributed by atoms with E-state index < -0.39 is 18.7 Å². The molecular weight excluding hydrogens is 253 g/mol. The standard InChI is InChI=1S/C13H18FNO4/c1-18-11-5-8(7-14)9(6-12(11)19-2)10(15)3-4-13(16)17/h5-6,10H,3-4,7,15H2,1-2H3,(H,16,17). The number of aliphatic carboxylic acids is 1. The summed E-state index contributed by atoms with van der Waals surface area (Å²) in [6.45, 7) is -0.698. The molecule has 0 aliphatic rings. The van der Waals surface area contributed by atoms with Crippen LogP contribution < -0.4 is 15.2 Å². The largest absolute Gasteiger partial charge is 0.493 e. The van der Waals surface area contributed by atoms with Gasteiger partial charge in [-0.3, -0.25) is 4.79 Å². The number of carbonyl (C=O) groups is 1. The Balaban J connectivity index is 3.06. The van der Waals surface area contributed by atoms with Gasteiger partial charge in [-0.1, -0.05) is 0 Å². The van der Waals surface area contributed by atoms with E-state index in [0.29, 0.717) is 22.6 Å². The minimum atomic E-state index is -0.933. The van der Waals surface area contributed by atoms with Crippen LogP contribution in [0.15, 0.2) is 12.1 Å². The molecule has 0 aromatic heterocycles. The lowest BCUT2D eigenvalue weighted by molar-refractivity contribution is -0.137. The summed E-state index contributed by atoms with van der Waals surface area (Å²) >= 11 is 0. The van der Waals surface area contributed by atoms with Gasteiger partial charge in [-0.2, -0.15) is 0 Å². The van der Waals surface area contributed by atoms with Crippen LogP contribution in [0.3, 0.4) is 0 Å². The van der Waals surface area contributed by atoms with E-state index in [1.165, 1.54) is 20.3 Å². The van der Waals surface area contributed by atoms with Crippen LogP contribution >= 0.6 is 0 Å². The molecular formula is C13H18FNO4. The number of halogens is 1. The average Bonchev–Trinajstić information content (AvgIpc) is 2.42. The molecule has 0 aliphatic carbocycles. The van der Waals surface area contributed by atoms with Crippen molar-refractivity contribution in [1.82, 2.24) is 0 Å². The van der Waals surface area contributed by atoms with Crippen molar-refractivity contribution >= 4 is 5.97 Å². The van der Waals surface area contributed by atoms with Gasteiger partial charge in [0.1, 0.15) is 6.67 Å². The van der Waals surface area contributed by atoms with E-state index in [1.54, 1.807) is 6.07 Å². The monoisotopic (exact) mass is 271 g/mol. The second-order valence-corrected chi connectivity index (χ2v) is 4.08. The molecule has 0 fully saturated rings. The fourth-order valence-electron chi connectivity index (χ4n) is 1.83. The molecule has 1 atom stereocenters. The number of rotatable bonds is 7. The van der Waals surface area contributed by atoms with Gasteiger partial charge in [-0.15, -0.1) is 0 Å². The first-order valence-corrected chi connectivity index (χ1v) is 5.81. The summed E-state index contributed by atoms with van der Waals surface area (Å²) < 4.78 is 23.2. The lowest BCUT2D eigenvalue weighted by atomic mass is 9.97. The normalized spacial score (nSPS) is 12.0. The Morgan fingerprint density at radius 2 is 1.95 bits per heavy atom. The molecule has 1 aromatic carbocycles. The van der Waals surface area contributed by atoms with Gasteiger partial charge in [0.15, 0.2) is 11.5 Å². The number of methoxy groups -OCH3 is 2. The molecule has 0 radical (unpaired) electrons. The molecule has 1 aromatic rings.